The largest absolute Gasteiger partial charge is 0.300 e. The van der Waals surface area contributed by atoms with Gasteiger partial charge in [0.1, 0.15) is 5.78 Å². The first-order valence-electron chi connectivity index (χ1n) is 5.86. The van der Waals surface area contributed by atoms with Crippen LogP contribution in [0.2, 0.25) is 5.02 Å². The van der Waals surface area contributed by atoms with Crippen molar-refractivity contribution < 1.29 is 4.79 Å². The Hall–Kier alpha value is -1.26. The fourth-order valence-corrected chi connectivity index (χ4v) is 2.36. The van der Waals surface area contributed by atoms with Crippen LogP contribution in [0.5, 0.6) is 0 Å². The molecule has 0 aromatic heterocycles. The van der Waals surface area contributed by atoms with Crippen molar-refractivity contribution in [1.29, 1.82) is 0 Å². The summed E-state index contributed by atoms with van der Waals surface area (Å²) in [4.78, 5) is 11.3. The summed E-state index contributed by atoms with van der Waals surface area (Å²) >= 11 is 6.27. The quantitative estimate of drug-likeness (QED) is 0.743. The molecule has 0 unspecified atom stereocenters. The molecule has 1 saturated carbocycles. The van der Waals surface area contributed by atoms with Crippen LogP contribution < -0.4 is 0 Å². The van der Waals surface area contributed by atoms with Gasteiger partial charge in [-0.1, -0.05) is 17.5 Å². The van der Waals surface area contributed by atoms with E-state index >= 15 is 0 Å². The summed E-state index contributed by atoms with van der Waals surface area (Å²) in [6.07, 6.45) is 2.83. The number of carbonyl (C=O) groups is 1. The number of carbonyl (C=O) groups excluding carboxylic acids is 1. The van der Waals surface area contributed by atoms with Crippen molar-refractivity contribution in [1.82, 2.24) is 0 Å². The van der Waals surface area contributed by atoms with Crippen LogP contribution in [0, 0.1) is 11.8 Å². The van der Waals surface area contributed by atoms with Crippen LogP contribution in [-0.4, -0.2) is 5.78 Å². The summed E-state index contributed by atoms with van der Waals surface area (Å²) in [5, 5.41) is 0.683. The van der Waals surface area contributed by atoms with Gasteiger partial charge in [0.25, 0.3) is 0 Å². The highest BCUT2D eigenvalue weighted by Crippen LogP contribution is 2.43. The molecule has 17 heavy (non-hydrogen) atoms. The van der Waals surface area contributed by atoms with Gasteiger partial charge < -0.3 is 0 Å². The summed E-state index contributed by atoms with van der Waals surface area (Å²) in [5.74, 6) is 6.65. The third-order valence-electron chi connectivity index (χ3n) is 2.94. The van der Waals surface area contributed by atoms with Crippen LogP contribution in [0.3, 0.4) is 0 Å². The molecule has 1 aliphatic rings. The van der Waals surface area contributed by atoms with Gasteiger partial charge in [0.15, 0.2) is 0 Å². The normalized spacial score (nSPS) is 14.1. The Labute approximate surface area is 107 Å². The van der Waals surface area contributed by atoms with E-state index in [2.05, 4.69) is 17.9 Å². The maximum absolute atomic E-state index is 11.3. The van der Waals surface area contributed by atoms with Crippen LogP contribution >= 0.6 is 11.6 Å². The molecule has 2 rings (SSSR count). The zero-order chi connectivity index (χ0) is 12.4. The summed E-state index contributed by atoms with van der Waals surface area (Å²) in [7, 11) is 0. The van der Waals surface area contributed by atoms with Gasteiger partial charge in [-0.2, -0.15) is 0 Å². The van der Waals surface area contributed by atoms with Crippen molar-refractivity contribution in [2.45, 2.75) is 39.0 Å². The van der Waals surface area contributed by atoms with E-state index in [9.17, 15) is 4.79 Å². The molecule has 0 heterocycles. The van der Waals surface area contributed by atoms with Crippen molar-refractivity contribution >= 4 is 17.4 Å². The minimum absolute atomic E-state index is 0.156. The number of Topliss-reactive ketones (excluding diaryl/α,β-unsaturated/α-hetero) is 1. The predicted molar refractivity (Wildman–Crippen MR) is 70.4 cm³/mol. The molecule has 0 N–H and O–H groups in total. The first kappa shape index (κ1) is 12.2. The van der Waals surface area contributed by atoms with E-state index in [0.717, 1.165) is 11.1 Å². The van der Waals surface area contributed by atoms with Crippen LogP contribution in [0.1, 0.15) is 49.3 Å². The summed E-state index contributed by atoms with van der Waals surface area (Å²) in [5.41, 5.74) is 3.18. The predicted octanol–water partition coefficient (Wildman–Crippen LogP) is 3.72. The first-order valence-corrected chi connectivity index (χ1v) is 6.24. The fourth-order valence-electron chi connectivity index (χ4n) is 2.07. The second-order valence-electron chi connectivity index (χ2n) is 4.55. The molecule has 0 bridgehead atoms. The highest BCUT2D eigenvalue weighted by atomic mass is 35.5. The van der Waals surface area contributed by atoms with Crippen LogP contribution in [0.25, 0.3) is 0 Å². The Balaban J connectivity index is 2.47. The third-order valence-corrected chi connectivity index (χ3v) is 3.28. The second-order valence-corrected chi connectivity index (χ2v) is 4.96. The van der Waals surface area contributed by atoms with E-state index in [1.165, 1.54) is 18.4 Å². The van der Waals surface area contributed by atoms with Gasteiger partial charge in [-0.3, -0.25) is 4.79 Å². The highest BCUT2D eigenvalue weighted by molar-refractivity contribution is 6.31. The van der Waals surface area contributed by atoms with Crippen molar-refractivity contribution in [3.05, 3.63) is 33.8 Å². The smallest absolute Gasteiger partial charge is 0.134 e. The van der Waals surface area contributed by atoms with Gasteiger partial charge in [0.05, 0.1) is 0 Å². The molecule has 1 aromatic carbocycles. The molecular weight excluding hydrogens is 232 g/mol. The Morgan fingerprint density at radius 1 is 1.47 bits per heavy atom. The number of hydrogen-bond acceptors (Lipinski definition) is 1. The van der Waals surface area contributed by atoms with Crippen LogP contribution in [0.15, 0.2) is 12.1 Å². The maximum atomic E-state index is 11.3. The van der Waals surface area contributed by atoms with Crippen molar-refractivity contribution in [2.24, 2.45) is 0 Å². The zero-order valence-corrected chi connectivity index (χ0v) is 10.9. The van der Waals surface area contributed by atoms with Crippen LogP contribution in [0.4, 0.5) is 0 Å². The second kappa shape index (κ2) is 4.94. The van der Waals surface area contributed by atoms with Crippen LogP contribution in [-0.2, 0) is 11.2 Å². The number of hydrogen-bond donors (Lipinski definition) is 0. The van der Waals surface area contributed by atoms with Gasteiger partial charge >= 0.3 is 0 Å². The lowest BCUT2D eigenvalue weighted by Gasteiger charge is -2.10. The molecule has 1 aromatic rings. The molecule has 0 aliphatic heterocycles. The van der Waals surface area contributed by atoms with Crippen molar-refractivity contribution in [2.75, 3.05) is 0 Å². The molecule has 1 fully saturated rings. The standard InChI is InChI=1S/C15H15ClO/c1-3-4-11-8-13(12-5-6-12)14(7-10(2)17)15(16)9-11/h8-9,12H,5-7H2,1-2H3. The zero-order valence-electron chi connectivity index (χ0n) is 10.1. The summed E-state index contributed by atoms with van der Waals surface area (Å²) < 4.78 is 0. The fraction of sp³-hybridized carbons (Fsp3) is 0.400. The Morgan fingerprint density at radius 2 is 2.18 bits per heavy atom. The van der Waals surface area contributed by atoms with E-state index in [4.69, 9.17) is 11.6 Å². The Bertz CT molecular complexity index is 516. The number of benzene rings is 1. The molecular formula is C15H15ClO. The minimum Gasteiger partial charge on any atom is -0.300 e. The molecule has 2 heteroatoms. The van der Waals surface area contributed by atoms with Gasteiger partial charge in [0, 0.05) is 17.0 Å². The molecule has 0 radical (unpaired) electrons. The number of ketones is 1. The number of rotatable bonds is 3. The minimum atomic E-state index is 0.156. The molecule has 1 nitrogen and oxygen atoms in total. The lowest BCUT2D eigenvalue weighted by molar-refractivity contribution is -0.116. The molecule has 88 valence electrons. The average molecular weight is 247 g/mol. The van der Waals surface area contributed by atoms with Crippen molar-refractivity contribution in [3.8, 4) is 11.8 Å². The Kier molecular flexibility index (Phi) is 3.54. The highest BCUT2D eigenvalue weighted by Gasteiger charge is 2.27. The maximum Gasteiger partial charge on any atom is 0.134 e. The van der Waals surface area contributed by atoms with E-state index < -0.39 is 0 Å². The summed E-state index contributed by atoms with van der Waals surface area (Å²) in [6.45, 7) is 3.42. The van der Waals surface area contributed by atoms with Gasteiger partial charge in [-0.15, -0.1) is 5.92 Å². The third kappa shape index (κ3) is 2.90. The van der Waals surface area contributed by atoms with Gasteiger partial charge in [-0.05, 0) is 55.9 Å². The monoisotopic (exact) mass is 246 g/mol. The SMILES string of the molecule is CC#Cc1cc(Cl)c(CC(C)=O)c(C2CC2)c1. The lowest BCUT2D eigenvalue weighted by atomic mass is 9.96. The van der Waals surface area contributed by atoms with Gasteiger partial charge in [-0.25, -0.2) is 0 Å². The van der Waals surface area contributed by atoms with E-state index in [0.29, 0.717) is 17.4 Å². The summed E-state index contributed by atoms with van der Waals surface area (Å²) in [6, 6.07) is 3.96. The molecule has 0 saturated heterocycles. The number of halogens is 1. The Morgan fingerprint density at radius 3 is 2.71 bits per heavy atom. The van der Waals surface area contributed by atoms with E-state index in [1.807, 2.05) is 13.0 Å². The van der Waals surface area contributed by atoms with Crippen molar-refractivity contribution in [3.63, 3.8) is 0 Å². The molecule has 0 spiro atoms. The van der Waals surface area contributed by atoms with E-state index in [1.54, 1.807) is 6.92 Å². The average Bonchev–Trinajstić information content (AvgIpc) is 3.05. The van der Waals surface area contributed by atoms with Gasteiger partial charge in [0.2, 0.25) is 0 Å². The lowest BCUT2D eigenvalue weighted by Crippen LogP contribution is -2.02. The molecule has 1 aliphatic carbocycles. The first-order chi connectivity index (χ1) is 8.11. The topological polar surface area (TPSA) is 17.1 Å². The van der Waals surface area contributed by atoms with E-state index in [-0.39, 0.29) is 5.78 Å². The molecule has 0 amide bonds. The molecule has 0 atom stereocenters.